The van der Waals surface area contributed by atoms with Crippen LogP contribution in [0.3, 0.4) is 0 Å². The summed E-state index contributed by atoms with van der Waals surface area (Å²) in [6.45, 7) is 0.699. The van der Waals surface area contributed by atoms with Crippen LogP contribution in [0.1, 0.15) is 5.56 Å². The molecule has 0 aliphatic heterocycles. The molecule has 0 radical (unpaired) electrons. The molecule has 20 heavy (non-hydrogen) atoms. The Morgan fingerprint density at radius 2 is 1.80 bits per heavy atom. The number of likely N-dealkylation sites (N-methyl/N-ethyl adjacent to an activating group) is 1. The zero-order valence-corrected chi connectivity index (χ0v) is 13.0. The Bertz CT molecular complexity index is 491. The van der Waals surface area contributed by atoms with Crippen molar-refractivity contribution in [3.63, 3.8) is 0 Å². The molecule has 0 saturated carbocycles. The first-order chi connectivity index (χ1) is 9.31. The van der Waals surface area contributed by atoms with Crippen molar-refractivity contribution in [1.82, 2.24) is 13.9 Å². The second-order valence-corrected chi connectivity index (χ2v) is 6.87. The van der Waals surface area contributed by atoms with Crippen molar-refractivity contribution in [2.45, 2.75) is 12.6 Å². The third kappa shape index (κ3) is 5.98. The number of hydrogen-bond acceptors (Lipinski definition) is 4. The number of nitrogens with zero attached hydrogens (tertiary/aromatic N) is 2. The minimum Gasteiger partial charge on any atom is -0.390 e. The maximum absolute atomic E-state index is 12.0. The van der Waals surface area contributed by atoms with E-state index in [1.807, 2.05) is 44.4 Å². The molecule has 7 heteroatoms. The summed E-state index contributed by atoms with van der Waals surface area (Å²) in [4.78, 5) is 1.80. The summed E-state index contributed by atoms with van der Waals surface area (Å²) < 4.78 is 27.7. The molecule has 0 fully saturated rings. The summed E-state index contributed by atoms with van der Waals surface area (Å²) in [5.74, 6) is 0. The van der Waals surface area contributed by atoms with Gasteiger partial charge >= 0.3 is 0 Å². The molecule has 0 saturated heterocycles. The fraction of sp³-hybridized carbons (Fsp3) is 0.538. The highest BCUT2D eigenvalue weighted by Gasteiger charge is 2.19. The predicted molar refractivity (Wildman–Crippen MR) is 79.4 cm³/mol. The average molecular weight is 301 g/mol. The zero-order chi connectivity index (χ0) is 15.2. The quantitative estimate of drug-likeness (QED) is 0.702. The lowest BCUT2D eigenvalue weighted by Gasteiger charge is -2.20. The molecule has 0 aliphatic carbocycles. The summed E-state index contributed by atoms with van der Waals surface area (Å²) in [7, 11) is 1.56. The van der Waals surface area contributed by atoms with E-state index in [0.717, 1.165) is 5.56 Å². The van der Waals surface area contributed by atoms with Gasteiger partial charge in [0.2, 0.25) is 0 Å². The fourth-order valence-electron chi connectivity index (χ4n) is 1.72. The highest BCUT2D eigenvalue weighted by atomic mass is 32.2. The number of benzene rings is 1. The molecule has 6 nitrogen and oxygen atoms in total. The monoisotopic (exact) mass is 301 g/mol. The Balaban J connectivity index is 2.51. The van der Waals surface area contributed by atoms with Crippen molar-refractivity contribution in [3.8, 4) is 0 Å². The number of hydrogen-bond donors (Lipinski definition) is 2. The topological polar surface area (TPSA) is 72.9 Å². The molecule has 1 aromatic rings. The van der Waals surface area contributed by atoms with E-state index in [9.17, 15) is 13.5 Å². The van der Waals surface area contributed by atoms with Crippen LogP contribution in [-0.2, 0) is 16.8 Å². The molecule has 1 rings (SSSR count). The van der Waals surface area contributed by atoms with Crippen LogP contribution in [0, 0.1) is 0 Å². The molecular formula is C13H23N3O3S. The van der Waals surface area contributed by atoms with Crippen LogP contribution in [0.5, 0.6) is 0 Å². The molecule has 0 aromatic heterocycles. The summed E-state index contributed by atoms with van der Waals surface area (Å²) in [5, 5.41) is 9.67. The van der Waals surface area contributed by atoms with E-state index < -0.39 is 16.3 Å². The molecule has 1 unspecified atom stereocenters. The largest absolute Gasteiger partial charge is 0.390 e. The van der Waals surface area contributed by atoms with Gasteiger partial charge in [0.15, 0.2) is 0 Å². The predicted octanol–water partition coefficient (Wildman–Crippen LogP) is -0.125. The van der Waals surface area contributed by atoms with Crippen LogP contribution in [0.25, 0.3) is 0 Å². The van der Waals surface area contributed by atoms with E-state index in [1.54, 1.807) is 4.90 Å². The average Bonchev–Trinajstić information content (AvgIpc) is 2.37. The number of aliphatic hydroxyl groups is 1. The zero-order valence-electron chi connectivity index (χ0n) is 12.2. The highest BCUT2D eigenvalue weighted by molar-refractivity contribution is 7.87. The van der Waals surface area contributed by atoms with Crippen molar-refractivity contribution in [2.75, 3.05) is 34.2 Å². The van der Waals surface area contributed by atoms with Crippen LogP contribution in [0.2, 0.25) is 0 Å². The van der Waals surface area contributed by atoms with Crippen molar-refractivity contribution in [3.05, 3.63) is 35.9 Å². The molecule has 1 atom stereocenters. The van der Waals surface area contributed by atoms with Gasteiger partial charge in [-0.05, 0) is 19.7 Å². The van der Waals surface area contributed by atoms with E-state index >= 15 is 0 Å². The van der Waals surface area contributed by atoms with Gasteiger partial charge in [0.25, 0.3) is 10.2 Å². The second-order valence-electron chi connectivity index (χ2n) is 5.01. The fourth-order valence-corrected chi connectivity index (χ4v) is 2.67. The molecule has 0 amide bonds. The smallest absolute Gasteiger partial charge is 0.279 e. The third-order valence-corrected chi connectivity index (χ3v) is 4.22. The Labute approximate surface area is 121 Å². The minimum atomic E-state index is -3.58. The summed E-state index contributed by atoms with van der Waals surface area (Å²) in [5.41, 5.74) is 0.911. The summed E-state index contributed by atoms with van der Waals surface area (Å²) in [6, 6.07) is 9.35. The Hall–Kier alpha value is -0.990. The van der Waals surface area contributed by atoms with Crippen molar-refractivity contribution in [2.24, 2.45) is 0 Å². The van der Waals surface area contributed by atoms with E-state index in [4.69, 9.17) is 0 Å². The molecule has 1 aromatic carbocycles. The molecule has 0 spiro atoms. The Morgan fingerprint density at radius 1 is 1.20 bits per heavy atom. The van der Waals surface area contributed by atoms with Gasteiger partial charge in [0, 0.05) is 26.7 Å². The molecular weight excluding hydrogens is 278 g/mol. The molecule has 0 bridgehead atoms. The molecule has 114 valence electrons. The van der Waals surface area contributed by atoms with Crippen LogP contribution in [0.15, 0.2) is 30.3 Å². The van der Waals surface area contributed by atoms with Crippen LogP contribution >= 0.6 is 0 Å². The Kier molecular flexibility index (Phi) is 6.57. The van der Waals surface area contributed by atoms with Crippen LogP contribution in [0.4, 0.5) is 0 Å². The first-order valence-corrected chi connectivity index (χ1v) is 7.83. The van der Waals surface area contributed by atoms with Crippen molar-refractivity contribution < 1.29 is 13.5 Å². The third-order valence-electron chi connectivity index (χ3n) is 2.74. The highest BCUT2D eigenvalue weighted by Crippen LogP contribution is 2.05. The van der Waals surface area contributed by atoms with Gasteiger partial charge < -0.3 is 10.0 Å². The number of nitrogens with one attached hydrogen (secondary N) is 1. The van der Waals surface area contributed by atoms with Gasteiger partial charge in [0.05, 0.1) is 6.10 Å². The summed E-state index contributed by atoms with van der Waals surface area (Å²) >= 11 is 0. The van der Waals surface area contributed by atoms with Gasteiger partial charge in [-0.25, -0.2) is 0 Å². The molecule has 2 N–H and O–H groups in total. The standard InChI is InChI=1S/C13H23N3O3S/c1-15(2)11-13(17)9-14-20(18,19)16(3)10-12-7-5-4-6-8-12/h4-8,13-14,17H,9-11H2,1-3H3. The Morgan fingerprint density at radius 3 is 2.35 bits per heavy atom. The van der Waals surface area contributed by atoms with Crippen molar-refractivity contribution >= 4 is 10.2 Å². The normalized spacial score (nSPS) is 13.9. The maximum atomic E-state index is 12.0. The minimum absolute atomic E-state index is 0.000354. The SMILES string of the molecule is CN(C)CC(O)CNS(=O)(=O)N(C)Cc1ccccc1. The molecule has 0 aliphatic rings. The lowest BCUT2D eigenvalue weighted by molar-refractivity contribution is 0.140. The van der Waals surface area contributed by atoms with E-state index in [-0.39, 0.29) is 6.54 Å². The first kappa shape index (κ1) is 17.1. The van der Waals surface area contributed by atoms with Crippen LogP contribution in [-0.4, -0.2) is 63.1 Å². The maximum Gasteiger partial charge on any atom is 0.279 e. The van der Waals surface area contributed by atoms with Gasteiger partial charge in [-0.3, -0.25) is 0 Å². The molecule has 0 heterocycles. The van der Waals surface area contributed by atoms with Gasteiger partial charge in [-0.15, -0.1) is 0 Å². The van der Waals surface area contributed by atoms with E-state index in [1.165, 1.54) is 11.4 Å². The number of rotatable bonds is 8. The number of aliphatic hydroxyl groups excluding tert-OH is 1. The van der Waals surface area contributed by atoms with Crippen molar-refractivity contribution in [1.29, 1.82) is 0 Å². The lowest BCUT2D eigenvalue weighted by atomic mass is 10.2. The van der Waals surface area contributed by atoms with Gasteiger partial charge in [0.1, 0.15) is 0 Å². The first-order valence-electron chi connectivity index (χ1n) is 6.39. The lowest BCUT2D eigenvalue weighted by Crippen LogP contribution is -2.43. The van der Waals surface area contributed by atoms with Gasteiger partial charge in [-0.1, -0.05) is 30.3 Å². The summed E-state index contributed by atoms with van der Waals surface area (Å²) in [6.07, 6.45) is -0.732. The van der Waals surface area contributed by atoms with E-state index in [2.05, 4.69) is 4.72 Å². The van der Waals surface area contributed by atoms with Crippen LogP contribution < -0.4 is 4.72 Å². The second kappa shape index (κ2) is 7.70. The van der Waals surface area contributed by atoms with E-state index in [0.29, 0.717) is 13.1 Å². The van der Waals surface area contributed by atoms with Gasteiger partial charge in [-0.2, -0.15) is 17.4 Å².